The van der Waals surface area contributed by atoms with Crippen LogP contribution in [0, 0.1) is 0 Å². The first-order valence-corrected chi connectivity index (χ1v) is 11.9. The van der Waals surface area contributed by atoms with Gasteiger partial charge in [-0.25, -0.2) is 19.9 Å². The van der Waals surface area contributed by atoms with Crippen molar-refractivity contribution in [2.75, 3.05) is 25.0 Å². The molecule has 2 aliphatic heterocycles. The summed E-state index contributed by atoms with van der Waals surface area (Å²) in [6, 6.07) is 4.36. The maximum Gasteiger partial charge on any atom is 0.387 e. The van der Waals surface area contributed by atoms with Gasteiger partial charge in [-0.2, -0.15) is 8.78 Å². The molecule has 0 radical (unpaired) electrons. The van der Waals surface area contributed by atoms with Gasteiger partial charge < -0.3 is 19.6 Å². The number of nitrogens with zero attached hydrogens (tertiary/aromatic N) is 7. The zero-order valence-corrected chi connectivity index (χ0v) is 19.6. The second-order valence-electron chi connectivity index (χ2n) is 9.54. The average Bonchev–Trinajstić information content (AvgIpc) is 3.39. The molecule has 5 heterocycles. The van der Waals surface area contributed by atoms with Crippen LogP contribution >= 0.6 is 0 Å². The highest BCUT2D eigenvalue weighted by Gasteiger charge is 2.46. The molecule has 1 fully saturated rings. The standard InChI is InChI=1S/C25H21F2N7O3/c1-32-17-5-16(19-15(22(32)36)3-2-4-18(19)37-23(26)27)21-20(17)31-25-30-8-13(9-34(21)25)12-6-28-24(29-7-12)33-10-14(35)11-33/h2-4,6-9,14,16-17,23,35H,5,10-11H2,1H3. The highest BCUT2D eigenvalue weighted by molar-refractivity contribution is 5.98. The number of imidazole rings is 1. The third-order valence-corrected chi connectivity index (χ3v) is 7.42. The van der Waals surface area contributed by atoms with Gasteiger partial charge in [0.25, 0.3) is 5.91 Å². The van der Waals surface area contributed by atoms with Gasteiger partial charge in [-0.3, -0.25) is 9.20 Å². The summed E-state index contributed by atoms with van der Waals surface area (Å²) in [7, 11) is 1.70. The third-order valence-electron chi connectivity index (χ3n) is 7.42. The lowest BCUT2D eigenvalue weighted by atomic mass is 9.91. The lowest BCUT2D eigenvalue weighted by molar-refractivity contribution is -0.0506. The van der Waals surface area contributed by atoms with E-state index in [4.69, 9.17) is 9.72 Å². The number of aromatic nitrogens is 5. The molecule has 3 aromatic heterocycles. The molecule has 1 saturated heterocycles. The topological polar surface area (TPSA) is 109 Å². The normalized spacial score (nSPS) is 20.7. The predicted molar refractivity (Wildman–Crippen MR) is 127 cm³/mol. The Morgan fingerprint density at radius 2 is 1.86 bits per heavy atom. The maximum absolute atomic E-state index is 13.3. The molecular weight excluding hydrogens is 484 g/mol. The fourth-order valence-electron chi connectivity index (χ4n) is 5.62. The predicted octanol–water partition coefficient (Wildman–Crippen LogP) is 2.63. The number of carbonyl (C=O) groups excluding carboxylic acids is 1. The van der Waals surface area contributed by atoms with Crippen LogP contribution in [-0.4, -0.2) is 73.1 Å². The third kappa shape index (κ3) is 3.28. The van der Waals surface area contributed by atoms with Crippen LogP contribution in [-0.2, 0) is 0 Å². The molecule has 2 atom stereocenters. The van der Waals surface area contributed by atoms with Crippen LogP contribution in [0.25, 0.3) is 16.9 Å². The number of amides is 1. The lowest BCUT2D eigenvalue weighted by Gasteiger charge is -2.35. The highest BCUT2D eigenvalue weighted by Crippen LogP contribution is 2.52. The van der Waals surface area contributed by atoms with Crippen LogP contribution in [0.3, 0.4) is 0 Å². The van der Waals surface area contributed by atoms with Gasteiger partial charge in [0.05, 0.1) is 23.5 Å². The average molecular weight is 505 g/mol. The van der Waals surface area contributed by atoms with Crippen LogP contribution in [0.2, 0.25) is 0 Å². The Morgan fingerprint density at radius 3 is 2.59 bits per heavy atom. The van der Waals surface area contributed by atoms with Gasteiger partial charge in [-0.1, -0.05) is 6.07 Å². The molecule has 1 amide bonds. The summed E-state index contributed by atoms with van der Waals surface area (Å²) in [5.74, 6) is 0.347. The largest absolute Gasteiger partial charge is 0.434 e. The van der Waals surface area contributed by atoms with Crippen molar-refractivity contribution < 1.29 is 23.4 Å². The van der Waals surface area contributed by atoms with Gasteiger partial charge in [0.2, 0.25) is 11.7 Å². The van der Waals surface area contributed by atoms with Gasteiger partial charge in [-0.15, -0.1) is 0 Å². The molecule has 0 saturated carbocycles. The van der Waals surface area contributed by atoms with E-state index in [2.05, 4.69) is 15.0 Å². The second kappa shape index (κ2) is 7.90. The van der Waals surface area contributed by atoms with E-state index in [1.165, 1.54) is 6.07 Å². The zero-order chi connectivity index (χ0) is 25.4. The van der Waals surface area contributed by atoms with Crippen LogP contribution < -0.4 is 9.64 Å². The molecule has 4 aromatic rings. The number of halogens is 2. The summed E-state index contributed by atoms with van der Waals surface area (Å²) >= 11 is 0. The van der Waals surface area contributed by atoms with Crippen LogP contribution in [0.5, 0.6) is 5.75 Å². The summed E-state index contributed by atoms with van der Waals surface area (Å²) < 4.78 is 33.3. The van der Waals surface area contributed by atoms with E-state index in [-0.39, 0.29) is 29.7 Å². The molecule has 188 valence electrons. The molecule has 37 heavy (non-hydrogen) atoms. The number of aliphatic hydroxyl groups excluding tert-OH is 1. The molecule has 1 aromatic carbocycles. The molecule has 0 spiro atoms. The number of hydrogen-bond donors (Lipinski definition) is 1. The molecule has 7 rings (SSSR count). The van der Waals surface area contributed by atoms with Crippen LogP contribution in [0.4, 0.5) is 14.7 Å². The number of anilines is 1. The SMILES string of the molecule is CN1C(=O)c2cccc(OC(F)F)c2C2CC1c1nc3ncc(-c4cnc(N5CC(O)C5)nc4)cn3c12. The highest BCUT2D eigenvalue weighted by atomic mass is 19.3. The first kappa shape index (κ1) is 22.0. The fraction of sp³-hybridized carbons (Fsp3) is 0.320. The summed E-state index contributed by atoms with van der Waals surface area (Å²) in [6.07, 6.45) is 7.12. The number of benzene rings is 1. The number of hydrogen-bond acceptors (Lipinski definition) is 8. The fourth-order valence-corrected chi connectivity index (χ4v) is 5.62. The van der Waals surface area contributed by atoms with E-state index in [1.54, 1.807) is 42.7 Å². The molecule has 2 unspecified atom stereocenters. The van der Waals surface area contributed by atoms with Crippen LogP contribution in [0.15, 0.2) is 43.0 Å². The Labute approximate surface area is 209 Å². The second-order valence-corrected chi connectivity index (χ2v) is 9.54. The lowest BCUT2D eigenvalue weighted by Crippen LogP contribution is -2.51. The minimum absolute atomic E-state index is 0.00749. The summed E-state index contributed by atoms with van der Waals surface area (Å²) in [5, 5.41) is 9.52. The Hall–Kier alpha value is -4.19. The Balaban J connectivity index is 1.35. The van der Waals surface area contributed by atoms with E-state index >= 15 is 0 Å². The molecule has 1 N–H and O–H groups in total. The first-order chi connectivity index (χ1) is 17.9. The zero-order valence-electron chi connectivity index (χ0n) is 19.6. The summed E-state index contributed by atoms with van der Waals surface area (Å²) in [6.45, 7) is -2.00. The van der Waals surface area contributed by atoms with Crippen LogP contribution in [0.1, 0.15) is 45.7 Å². The summed E-state index contributed by atoms with van der Waals surface area (Å²) in [4.78, 5) is 34.9. The van der Waals surface area contributed by atoms with Crippen molar-refractivity contribution >= 4 is 17.6 Å². The number of carbonyl (C=O) groups is 1. The van der Waals surface area contributed by atoms with Crippen molar-refractivity contribution in [1.82, 2.24) is 29.2 Å². The molecular formula is C25H21F2N7O3. The first-order valence-electron chi connectivity index (χ1n) is 11.9. The van der Waals surface area contributed by atoms with Crippen molar-refractivity contribution in [1.29, 1.82) is 0 Å². The van der Waals surface area contributed by atoms with Crippen molar-refractivity contribution in [3.05, 3.63) is 65.5 Å². The minimum Gasteiger partial charge on any atom is -0.434 e. The van der Waals surface area contributed by atoms with E-state index in [0.717, 1.165) is 16.8 Å². The minimum atomic E-state index is -3.02. The molecule has 2 bridgehead atoms. The van der Waals surface area contributed by atoms with Gasteiger partial charge in [0.1, 0.15) is 5.75 Å². The number of ether oxygens (including phenoxy) is 1. The number of alkyl halides is 2. The van der Waals surface area contributed by atoms with Gasteiger partial charge in [-0.05, 0) is 18.6 Å². The molecule has 12 heteroatoms. The number of aliphatic hydroxyl groups is 1. The smallest absolute Gasteiger partial charge is 0.387 e. The maximum atomic E-state index is 13.3. The Morgan fingerprint density at radius 1 is 1.11 bits per heavy atom. The monoisotopic (exact) mass is 505 g/mol. The van der Waals surface area contributed by atoms with Crippen molar-refractivity contribution in [2.45, 2.75) is 31.1 Å². The van der Waals surface area contributed by atoms with E-state index < -0.39 is 6.61 Å². The van der Waals surface area contributed by atoms with E-state index in [1.807, 2.05) is 15.5 Å². The van der Waals surface area contributed by atoms with Gasteiger partial charge in [0.15, 0.2) is 0 Å². The van der Waals surface area contributed by atoms with Crippen molar-refractivity contribution in [3.8, 4) is 16.9 Å². The Kier molecular flexibility index (Phi) is 4.71. The Bertz CT molecular complexity index is 1550. The quantitative estimate of drug-likeness (QED) is 0.451. The van der Waals surface area contributed by atoms with Crippen molar-refractivity contribution in [2.24, 2.45) is 0 Å². The molecule has 10 nitrogen and oxygen atoms in total. The van der Waals surface area contributed by atoms with Gasteiger partial charge >= 0.3 is 6.61 Å². The molecule has 1 aliphatic carbocycles. The van der Waals surface area contributed by atoms with Gasteiger partial charge in [0, 0.05) is 73.1 Å². The summed E-state index contributed by atoms with van der Waals surface area (Å²) in [5.41, 5.74) is 3.78. The van der Waals surface area contributed by atoms with E-state index in [9.17, 15) is 18.7 Å². The number of rotatable bonds is 4. The van der Waals surface area contributed by atoms with Crippen molar-refractivity contribution in [3.63, 3.8) is 0 Å². The van der Waals surface area contributed by atoms with E-state index in [0.29, 0.717) is 48.1 Å². The molecule has 3 aliphatic rings. The number of fused-ring (bicyclic) bond motifs is 9. The number of β-amino-alcohol motifs (C(OH)–C–C–N with tert-alkyl or cyclic N) is 1.